The first kappa shape index (κ1) is 22.8. The molecule has 0 atom stereocenters. The predicted octanol–water partition coefficient (Wildman–Crippen LogP) is 5.33. The molecule has 1 heterocycles. The van der Waals surface area contributed by atoms with Gasteiger partial charge in [0.1, 0.15) is 5.82 Å². The number of halogens is 6. The lowest BCUT2D eigenvalue weighted by Crippen LogP contribution is -2.39. The molecule has 2 aromatic rings. The van der Waals surface area contributed by atoms with Gasteiger partial charge in [-0.1, -0.05) is 37.7 Å². The van der Waals surface area contributed by atoms with Crippen molar-refractivity contribution in [1.29, 1.82) is 0 Å². The number of aliphatic imine (C=N–C) groups is 1. The van der Waals surface area contributed by atoms with Crippen molar-refractivity contribution in [3.8, 4) is 11.1 Å². The highest BCUT2D eigenvalue weighted by atomic mass is 32.2. The van der Waals surface area contributed by atoms with Crippen molar-refractivity contribution in [2.24, 2.45) is 10.7 Å². The molecule has 0 aliphatic heterocycles. The molecule has 158 valence electrons. The zero-order valence-electron chi connectivity index (χ0n) is 15.2. The fraction of sp³-hybridized carbons (Fsp3) is 0.353. The number of rotatable bonds is 5. The monoisotopic (exact) mass is 438 g/mol. The quantitative estimate of drug-likeness (QED) is 0.389. The summed E-state index contributed by atoms with van der Waals surface area (Å²) in [6.45, 7) is 3.45. The second-order valence-corrected chi connectivity index (χ2v) is 7.12. The van der Waals surface area contributed by atoms with Crippen LogP contribution in [0.4, 0.5) is 37.0 Å². The van der Waals surface area contributed by atoms with Crippen LogP contribution in [-0.4, -0.2) is 39.2 Å². The van der Waals surface area contributed by atoms with Gasteiger partial charge >= 0.3 is 17.3 Å². The summed E-state index contributed by atoms with van der Waals surface area (Å²) < 4.78 is 77.2. The van der Waals surface area contributed by atoms with E-state index in [1.54, 1.807) is 13.8 Å². The molecule has 0 saturated heterocycles. The van der Waals surface area contributed by atoms with Crippen molar-refractivity contribution >= 4 is 29.2 Å². The average molecular weight is 438 g/mol. The minimum atomic E-state index is -5.79. The number of nitrogens with two attached hydrogens (primary N) is 1. The summed E-state index contributed by atoms with van der Waals surface area (Å²) in [5.41, 5.74) is 6.33. The highest BCUT2D eigenvalue weighted by Gasteiger charge is 2.57. The number of nitrogens with zero attached hydrogens (tertiary/aromatic N) is 3. The second-order valence-electron chi connectivity index (χ2n) is 6.19. The molecule has 0 aliphatic rings. The topological polar surface area (TPSA) is 73.3 Å². The van der Waals surface area contributed by atoms with Crippen molar-refractivity contribution in [3.63, 3.8) is 0 Å². The van der Waals surface area contributed by atoms with E-state index in [9.17, 15) is 31.1 Å². The van der Waals surface area contributed by atoms with E-state index in [1.165, 1.54) is 12.1 Å². The maximum atomic E-state index is 13.3. The molecule has 29 heavy (non-hydrogen) atoms. The van der Waals surface area contributed by atoms with Crippen LogP contribution in [0.15, 0.2) is 29.3 Å². The van der Waals surface area contributed by atoms with Gasteiger partial charge in [0, 0.05) is 0 Å². The molecular weight excluding hydrogens is 422 g/mol. The average Bonchev–Trinajstić information content (AvgIpc) is 2.99. The number of carbonyl (C=O) groups excluding carboxylic acids is 1. The van der Waals surface area contributed by atoms with Gasteiger partial charge in [0.05, 0.1) is 23.3 Å². The van der Waals surface area contributed by atoms with E-state index in [4.69, 9.17) is 5.73 Å². The molecule has 0 saturated carbocycles. The highest BCUT2D eigenvalue weighted by Crippen LogP contribution is 2.40. The molecule has 2 N–H and O–H groups in total. The van der Waals surface area contributed by atoms with Gasteiger partial charge in [-0.25, -0.2) is 9.38 Å². The summed E-state index contributed by atoms with van der Waals surface area (Å²) in [4.78, 5) is 16.2. The van der Waals surface area contributed by atoms with Crippen molar-refractivity contribution in [3.05, 3.63) is 35.8 Å². The SMILES string of the molecule is CC(C)c1nn(C(=O)SCC(F)(F)C(F)(F)F)c(/N=C\N)c1-c1ccc(F)cc1. The number of thioether (sulfide) groups is 1. The van der Waals surface area contributed by atoms with E-state index in [-0.39, 0.29) is 23.5 Å². The normalized spacial score (nSPS) is 12.9. The lowest BCUT2D eigenvalue weighted by atomic mass is 9.99. The van der Waals surface area contributed by atoms with Crippen LogP contribution < -0.4 is 5.73 Å². The molecule has 12 heteroatoms. The predicted molar refractivity (Wildman–Crippen MR) is 98.3 cm³/mol. The van der Waals surface area contributed by atoms with Gasteiger partial charge in [0.25, 0.3) is 0 Å². The Bertz CT molecular complexity index is 906. The standard InChI is InChI=1S/C17H16F6N4OS/c1-9(2)13-12(10-3-5-11(18)6-4-10)14(25-8-24)27(26-13)15(28)29-7-16(19,20)17(21,22)23/h3-6,8-9H,7H2,1-2H3,(H2,24,25). The number of benzene rings is 1. The summed E-state index contributed by atoms with van der Waals surface area (Å²) in [6, 6.07) is 5.11. The summed E-state index contributed by atoms with van der Waals surface area (Å²) in [6.07, 6.45) is -4.96. The zero-order chi connectivity index (χ0) is 22.0. The van der Waals surface area contributed by atoms with Crippen LogP contribution in [0.1, 0.15) is 25.5 Å². The first-order chi connectivity index (χ1) is 13.4. The Kier molecular flexibility index (Phi) is 6.66. The Labute approximate surface area is 166 Å². The van der Waals surface area contributed by atoms with Crippen molar-refractivity contribution in [2.75, 3.05) is 5.75 Å². The highest BCUT2D eigenvalue weighted by molar-refractivity contribution is 8.13. The number of hydrogen-bond acceptors (Lipinski definition) is 4. The Balaban J connectivity index is 2.51. The first-order valence-corrected chi connectivity index (χ1v) is 9.12. The number of carbonyl (C=O) groups is 1. The van der Waals surface area contributed by atoms with Crippen LogP contribution in [0.3, 0.4) is 0 Å². The minimum Gasteiger partial charge on any atom is -0.390 e. The van der Waals surface area contributed by atoms with Gasteiger partial charge in [-0.2, -0.15) is 31.7 Å². The zero-order valence-corrected chi connectivity index (χ0v) is 16.0. The third-order valence-electron chi connectivity index (χ3n) is 3.73. The summed E-state index contributed by atoms with van der Waals surface area (Å²) in [7, 11) is 0. The number of alkyl halides is 5. The maximum absolute atomic E-state index is 13.3. The van der Waals surface area contributed by atoms with Crippen molar-refractivity contribution in [1.82, 2.24) is 9.78 Å². The van der Waals surface area contributed by atoms with Crippen LogP contribution >= 0.6 is 11.8 Å². The van der Waals surface area contributed by atoms with Crippen molar-refractivity contribution < 1.29 is 31.1 Å². The third kappa shape index (κ3) is 4.92. The van der Waals surface area contributed by atoms with E-state index in [0.717, 1.165) is 18.5 Å². The van der Waals surface area contributed by atoms with E-state index >= 15 is 0 Å². The molecule has 1 aromatic heterocycles. The molecule has 0 spiro atoms. The molecule has 5 nitrogen and oxygen atoms in total. The van der Waals surface area contributed by atoms with Crippen molar-refractivity contribution in [2.45, 2.75) is 31.9 Å². The largest absolute Gasteiger partial charge is 0.454 e. The lowest BCUT2D eigenvalue weighted by molar-refractivity contribution is -0.270. The minimum absolute atomic E-state index is 0.157. The van der Waals surface area contributed by atoms with E-state index in [1.807, 2.05) is 0 Å². The van der Waals surface area contributed by atoms with E-state index in [2.05, 4.69) is 10.1 Å². The first-order valence-electron chi connectivity index (χ1n) is 8.14. The van der Waals surface area contributed by atoms with Crippen LogP contribution in [0.5, 0.6) is 0 Å². The van der Waals surface area contributed by atoms with Gasteiger partial charge in [-0.05, 0) is 23.6 Å². The molecule has 2 rings (SSSR count). The van der Waals surface area contributed by atoms with Gasteiger partial charge in [0.2, 0.25) is 0 Å². The van der Waals surface area contributed by atoms with Gasteiger partial charge < -0.3 is 5.73 Å². The maximum Gasteiger partial charge on any atom is 0.454 e. The molecule has 0 radical (unpaired) electrons. The smallest absolute Gasteiger partial charge is 0.390 e. The van der Waals surface area contributed by atoms with Crippen LogP contribution in [0, 0.1) is 5.82 Å². The van der Waals surface area contributed by atoms with Gasteiger partial charge in [-0.3, -0.25) is 4.79 Å². The Morgan fingerprint density at radius 3 is 2.31 bits per heavy atom. The molecule has 0 bridgehead atoms. The Morgan fingerprint density at radius 2 is 1.83 bits per heavy atom. The van der Waals surface area contributed by atoms with E-state index in [0.29, 0.717) is 21.5 Å². The number of hydrogen-bond donors (Lipinski definition) is 1. The molecule has 0 unspecified atom stereocenters. The van der Waals surface area contributed by atoms with Gasteiger partial charge in [0.15, 0.2) is 5.82 Å². The second kappa shape index (κ2) is 8.47. The molecular formula is C17H16F6N4OS. The summed E-state index contributed by atoms with van der Waals surface area (Å²) in [5.74, 6) is -7.83. The van der Waals surface area contributed by atoms with Crippen LogP contribution in [-0.2, 0) is 0 Å². The summed E-state index contributed by atoms with van der Waals surface area (Å²) >= 11 is -0.248. The lowest BCUT2D eigenvalue weighted by Gasteiger charge is -2.18. The van der Waals surface area contributed by atoms with E-state index < -0.39 is 28.9 Å². The Morgan fingerprint density at radius 1 is 1.24 bits per heavy atom. The summed E-state index contributed by atoms with van der Waals surface area (Å²) in [5, 5.41) is 2.86. The molecule has 1 aromatic carbocycles. The fourth-order valence-corrected chi connectivity index (χ4v) is 3.05. The number of aromatic nitrogens is 2. The molecule has 0 fully saturated rings. The molecule has 0 amide bonds. The van der Waals surface area contributed by atoms with Crippen LogP contribution in [0.2, 0.25) is 0 Å². The van der Waals surface area contributed by atoms with Crippen LogP contribution in [0.25, 0.3) is 11.1 Å². The molecule has 0 aliphatic carbocycles. The Hall–Kier alpha value is -2.50. The van der Waals surface area contributed by atoms with Gasteiger partial charge in [-0.15, -0.1) is 0 Å². The third-order valence-corrected chi connectivity index (χ3v) is 4.66. The fourth-order valence-electron chi connectivity index (χ4n) is 2.34.